The van der Waals surface area contributed by atoms with E-state index in [0.717, 1.165) is 25.4 Å². The number of nitrogens with zero attached hydrogens (tertiary/aromatic N) is 2. The molecule has 0 radical (unpaired) electrons. The summed E-state index contributed by atoms with van der Waals surface area (Å²) in [5, 5.41) is 9.19. The van der Waals surface area contributed by atoms with Gasteiger partial charge in [0, 0.05) is 32.0 Å². The summed E-state index contributed by atoms with van der Waals surface area (Å²) >= 11 is 0. The molecule has 2 atom stereocenters. The zero-order valence-corrected chi connectivity index (χ0v) is 13.5. The highest BCUT2D eigenvalue weighted by atomic mass is 16.5. The van der Waals surface area contributed by atoms with E-state index in [1.807, 2.05) is 18.2 Å². The number of rotatable bonds is 5. The molecule has 0 aliphatic carbocycles. The lowest BCUT2D eigenvalue weighted by atomic mass is 9.86. The van der Waals surface area contributed by atoms with Crippen LogP contribution >= 0.6 is 0 Å². The third-order valence-electron chi connectivity index (χ3n) is 4.66. The van der Waals surface area contributed by atoms with E-state index in [1.54, 1.807) is 7.11 Å². The minimum absolute atomic E-state index is 0.356. The number of para-hydroxylation sites is 1. The van der Waals surface area contributed by atoms with E-state index >= 15 is 0 Å². The Morgan fingerprint density at radius 3 is 2.57 bits per heavy atom. The standard InChI is InChI=1S/C20H22N2O/c1-23-20-10-6-5-9-18(20)19-15-22(14-17(19)11-12-21)13-16-7-3-2-4-8-16/h2-10,17,19H,11,13-15H2,1H3/t17-,19+/m0/s1. The molecule has 3 rings (SSSR count). The first-order valence-electron chi connectivity index (χ1n) is 8.08. The van der Waals surface area contributed by atoms with Crippen LogP contribution in [0.3, 0.4) is 0 Å². The SMILES string of the molecule is COc1ccccc1[C@@H]1CN(Cc2ccccc2)C[C@@H]1CC#N. The first kappa shape index (κ1) is 15.6. The molecule has 1 aliphatic heterocycles. The van der Waals surface area contributed by atoms with E-state index in [0.29, 0.717) is 18.3 Å². The average Bonchev–Trinajstić information content (AvgIpc) is 2.98. The van der Waals surface area contributed by atoms with Gasteiger partial charge in [-0.25, -0.2) is 0 Å². The molecule has 1 aliphatic rings. The molecule has 23 heavy (non-hydrogen) atoms. The topological polar surface area (TPSA) is 36.3 Å². The normalized spacial score (nSPS) is 21.0. The summed E-state index contributed by atoms with van der Waals surface area (Å²) in [5.41, 5.74) is 2.55. The summed E-state index contributed by atoms with van der Waals surface area (Å²) in [4.78, 5) is 2.45. The predicted octanol–water partition coefficient (Wildman–Crippen LogP) is 3.82. The van der Waals surface area contributed by atoms with Crippen LogP contribution < -0.4 is 4.74 Å². The lowest BCUT2D eigenvalue weighted by molar-refractivity contribution is 0.316. The number of ether oxygens (including phenoxy) is 1. The lowest BCUT2D eigenvalue weighted by Crippen LogP contribution is -2.20. The Bertz CT molecular complexity index is 678. The highest BCUT2D eigenvalue weighted by Gasteiger charge is 2.34. The smallest absolute Gasteiger partial charge is 0.122 e. The Balaban J connectivity index is 1.80. The van der Waals surface area contributed by atoms with Crippen LogP contribution in [0.15, 0.2) is 54.6 Å². The van der Waals surface area contributed by atoms with E-state index in [4.69, 9.17) is 4.74 Å². The van der Waals surface area contributed by atoms with Crippen molar-refractivity contribution in [2.75, 3.05) is 20.2 Å². The molecule has 1 heterocycles. The Hall–Kier alpha value is -2.31. The van der Waals surface area contributed by atoms with Gasteiger partial charge in [0.05, 0.1) is 13.2 Å². The summed E-state index contributed by atoms with van der Waals surface area (Å²) < 4.78 is 5.54. The number of nitriles is 1. The molecule has 0 N–H and O–H groups in total. The van der Waals surface area contributed by atoms with Crippen molar-refractivity contribution >= 4 is 0 Å². The monoisotopic (exact) mass is 306 g/mol. The Morgan fingerprint density at radius 2 is 1.83 bits per heavy atom. The van der Waals surface area contributed by atoms with Crippen molar-refractivity contribution in [2.24, 2.45) is 5.92 Å². The minimum atomic E-state index is 0.356. The maximum Gasteiger partial charge on any atom is 0.122 e. The van der Waals surface area contributed by atoms with Gasteiger partial charge in [0.25, 0.3) is 0 Å². The third kappa shape index (κ3) is 3.55. The van der Waals surface area contributed by atoms with Crippen molar-refractivity contribution < 1.29 is 4.74 Å². The highest BCUT2D eigenvalue weighted by Crippen LogP contribution is 2.39. The second-order valence-electron chi connectivity index (χ2n) is 6.15. The van der Waals surface area contributed by atoms with E-state index in [2.05, 4.69) is 47.4 Å². The van der Waals surface area contributed by atoms with E-state index < -0.39 is 0 Å². The Morgan fingerprint density at radius 1 is 1.09 bits per heavy atom. The Labute approximate surface area is 138 Å². The van der Waals surface area contributed by atoms with Gasteiger partial charge in [0.1, 0.15) is 5.75 Å². The molecule has 118 valence electrons. The maximum atomic E-state index is 9.19. The van der Waals surface area contributed by atoms with E-state index in [1.165, 1.54) is 11.1 Å². The molecule has 0 bridgehead atoms. The lowest BCUT2D eigenvalue weighted by Gasteiger charge is -2.19. The van der Waals surface area contributed by atoms with Crippen LogP contribution in [0.1, 0.15) is 23.5 Å². The molecule has 3 nitrogen and oxygen atoms in total. The summed E-state index contributed by atoms with van der Waals surface area (Å²) in [6.45, 7) is 2.88. The highest BCUT2D eigenvalue weighted by molar-refractivity contribution is 5.38. The fourth-order valence-electron chi connectivity index (χ4n) is 3.58. The van der Waals surface area contributed by atoms with Crippen molar-refractivity contribution in [3.05, 3.63) is 65.7 Å². The van der Waals surface area contributed by atoms with Gasteiger partial charge in [-0.3, -0.25) is 4.90 Å². The van der Waals surface area contributed by atoms with Crippen molar-refractivity contribution in [1.29, 1.82) is 5.26 Å². The fourth-order valence-corrected chi connectivity index (χ4v) is 3.58. The van der Waals surface area contributed by atoms with Gasteiger partial charge in [-0.15, -0.1) is 0 Å². The zero-order chi connectivity index (χ0) is 16.1. The maximum absolute atomic E-state index is 9.19. The number of methoxy groups -OCH3 is 1. The van der Waals surface area contributed by atoms with Crippen LogP contribution in [0, 0.1) is 17.2 Å². The van der Waals surface area contributed by atoms with Crippen molar-refractivity contribution in [1.82, 2.24) is 4.90 Å². The summed E-state index contributed by atoms with van der Waals surface area (Å²) in [6, 6.07) is 21.1. The predicted molar refractivity (Wildman–Crippen MR) is 91.2 cm³/mol. The van der Waals surface area contributed by atoms with Crippen LogP contribution in [-0.4, -0.2) is 25.1 Å². The first-order valence-corrected chi connectivity index (χ1v) is 8.08. The molecule has 0 spiro atoms. The molecular weight excluding hydrogens is 284 g/mol. The summed E-state index contributed by atoms with van der Waals surface area (Å²) in [6.07, 6.45) is 0.591. The second kappa shape index (κ2) is 7.30. The largest absolute Gasteiger partial charge is 0.496 e. The van der Waals surface area contributed by atoms with Gasteiger partial charge in [0.15, 0.2) is 0 Å². The molecule has 1 fully saturated rings. The van der Waals surface area contributed by atoms with Crippen molar-refractivity contribution in [3.8, 4) is 11.8 Å². The third-order valence-corrected chi connectivity index (χ3v) is 4.66. The number of likely N-dealkylation sites (tertiary alicyclic amines) is 1. The zero-order valence-electron chi connectivity index (χ0n) is 13.5. The average molecular weight is 306 g/mol. The molecule has 0 aromatic heterocycles. The van der Waals surface area contributed by atoms with Crippen molar-refractivity contribution in [2.45, 2.75) is 18.9 Å². The molecule has 0 amide bonds. The fraction of sp³-hybridized carbons (Fsp3) is 0.350. The molecule has 2 aromatic rings. The first-order chi connectivity index (χ1) is 11.3. The summed E-state index contributed by atoms with van der Waals surface area (Å²) in [7, 11) is 1.72. The van der Waals surface area contributed by atoms with Gasteiger partial charge in [-0.05, 0) is 23.1 Å². The molecule has 0 unspecified atom stereocenters. The summed E-state index contributed by atoms with van der Waals surface area (Å²) in [5.74, 6) is 1.65. The van der Waals surface area contributed by atoms with Gasteiger partial charge in [-0.1, -0.05) is 48.5 Å². The van der Waals surface area contributed by atoms with Crippen LogP contribution in [0.25, 0.3) is 0 Å². The molecule has 3 heteroatoms. The van der Waals surface area contributed by atoms with Crippen LogP contribution in [-0.2, 0) is 6.54 Å². The van der Waals surface area contributed by atoms with E-state index in [-0.39, 0.29) is 0 Å². The number of hydrogen-bond acceptors (Lipinski definition) is 3. The number of benzene rings is 2. The van der Waals surface area contributed by atoms with Gasteiger partial charge in [0.2, 0.25) is 0 Å². The van der Waals surface area contributed by atoms with Gasteiger partial charge in [-0.2, -0.15) is 5.26 Å². The van der Waals surface area contributed by atoms with Crippen LogP contribution in [0.2, 0.25) is 0 Å². The van der Waals surface area contributed by atoms with Crippen LogP contribution in [0.4, 0.5) is 0 Å². The quantitative estimate of drug-likeness (QED) is 0.842. The van der Waals surface area contributed by atoms with Crippen molar-refractivity contribution in [3.63, 3.8) is 0 Å². The Kier molecular flexibility index (Phi) is 4.95. The second-order valence-corrected chi connectivity index (χ2v) is 6.15. The van der Waals surface area contributed by atoms with Crippen LogP contribution in [0.5, 0.6) is 5.75 Å². The van der Waals surface area contributed by atoms with Gasteiger partial charge < -0.3 is 4.74 Å². The molecular formula is C20H22N2O. The minimum Gasteiger partial charge on any atom is -0.496 e. The van der Waals surface area contributed by atoms with E-state index in [9.17, 15) is 5.26 Å². The molecule has 1 saturated heterocycles. The molecule has 0 saturated carbocycles. The van der Waals surface area contributed by atoms with Gasteiger partial charge >= 0.3 is 0 Å². The molecule has 2 aromatic carbocycles. The number of hydrogen-bond donors (Lipinski definition) is 0.